The highest BCUT2D eigenvalue weighted by atomic mass is 16.5. The van der Waals surface area contributed by atoms with Crippen LogP contribution in [0.15, 0.2) is 18.2 Å². The molecule has 0 bridgehead atoms. The Bertz CT molecular complexity index is 624. The van der Waals surface area contributed by atoms with Crippen LogP contribution < -0.4 is 14.8 Å². The zero-order valence-corrected chi connectivity index (χ0v) is 15.4. The Morgan fingerprint density at radius 1 is 1.32 bits per heavy atom. The molecule has 5 nitrogen and oxygen atoms in total. The van der Waals surface area contributed by atoms with Crippen LogP contribution in [0.5, 0.6) is 11.5 Å². The van der Waals surface area contributed by atoms with Gasteiger partial charge in [-0.25, -0.2) is 0 Å². The maximum Gasteiger partial charge on any atom is 0.220 e. The number of carbonyl (C=O) groups excluding carboxylic acids is 1. The van der Waals surface area contributed by atoms with Crippen LogP contribution in [0.3, 0.4) is 0 Å². The minimum atomic E-state index is 0.0985. The molecular formula is C20H28N2O3. The lowest BCUT2D eigenvalue weighted by Crippen LogP contribution is -2.43. The van der Waals surface area contributed by atoms with Gasteiger partial charge in [0.25, 0.3) is 0 Å². The van der Waals surface area contributed by atoms with E-state index in [4.69, 9.17) is 14.7 Å². The first-order valence-electron chi connectivity index (χ1n) is 9.05. The molecule has 5 heteroatoms. The van der Waals surface area contributed by atoms with Crippen molar-refractivity contribution in [2.24, 2.45) is 11.8 Å². The van der Waals surface area contributed by atoms with Gasteiger partial charge in [-0.05, 0) is 36.8 Å². The normalized spacial score (nSPS) is 22.7. The molecule has 0 unspecified atom stereocenters. The van der Waals surface area contributed by atoms with E-state index in [1.807, 2.05) is 0 Å². The fourth-order valence-electron chi connectivity index (χ4n) is 3.34. The molecule has 136 valence electrons. The summed E-state index contributed by atoms with van der Waals surface area (Å²) in [4.78, 5) is 12.2. The Morgan fingerprint density at radius 2 is 2.12 bits per heavy atom. The van der Waals surface area contributed by atoms with Crippen LogP contribution in [0, 0.1) is 23.2 Å². The summed E-state index contributed by atoms with van der Waals surface area (Å²) in [6.07, 6.45) is 4.63. The van der Waals surface area contributed by atoms with Crippen LogP contribution in [0.1, 0.15) is 51.5 Å². The minimum absolute atomic E-state index is 0.0985. The number of nitriles is 1. The molecule has 25 heavy (non-hydrogen) atoms. The zero-order chi connectivity index (χ0) is 18.2. The Labute approximate surface area is 150 Å². The number of methoxy groups -OCH3 is 1. The molecule has 1 aliphatic rings. The number of hydrogen-bond acceptors (Lipinski definition) is 4. The molecule has 1 saturated carbocycles. The maximum atomic E-state index is 12.2. The third-order valence-electron chi connectivity index (χ3n) is 5.15. The number of ether oxygens (including phenoxy) is 2. The largest absolute Gasteiger partial charge is 0.493 e. The van der Waals surface area contributed by atoms with E-state index >= 15 is 0 Å². The topological polar surface area (TPSA) is 71.3 Å². The third kappa shape index (κ3) is 5.38. The third-order valence-corrected chi connectivity index (χ3v) is 5.15. The van der Waals surface area contributed by atoms with Crippen molar-refractivity contribution >= 4 is 5.91 Å². The van der Waals surface area contributed by atoms with Crippen LogP contribution in [-0.4, -0.2) is 25.7 Å². The van der Waals surface area contributed by atoms with E-state index in [0.29, 0.717) is 54.4 Å². The number of nitrogens with one attached hydrogen (secondary N) is 1. The number of hydrogen-bond donors (Lipinski definition) is 1. The second-order valence-corrected chi connectivity index (χ2v) is 6.87. The van der Waals surface area contributed by atoms with E-state index in [0.717, 1.165) is 6.42 Å². The highest BCUT2D eigenvalue weighted by Crippen LogP contribution is 2.30. The summed E-state index contributed by atoms with van der Waals surface area (Å²) in [6, 6.07) is 7.43. The van der Waals surface area contributed by atoms with Crippen molar-refractivity contribution in [2.45, 2.75) is 52.0 Å². The van der Waals surface area contributed by atoms with E-state index in [1.54, 1.807) is 25.3 Å². The van der Waals surface area contributed by atoms with Gasteiger partial charge in [0.05, 0.1) is 25.3 Å². The SMILES string of the molecule is COc1cc(C#N)ccc1OCCCC(=O)N[C@H]1CCC[C@H](C)[C@H]1C. The highest BCUT2D eigenvalue weighted by Gasteiger charge is 2.27. The van der Waals surface area contributed by atoms with Gasteiger partial charge in [0.15, 0.2) is 11.5 Å². The first-order chi connectivity index (χ1) is 12.0. The lowest BCUT2D eigenvalue weighted by molar-refractivity contribution is -0.122. The van der Waals surface area contributed by atoms with Gasteiger partial charge < -0.3 is 14.8 Å². The molecule has 1 fully saturated rings. The van der Waals surface area contributed by atoms with Crippen molar-refractivity contribution in [3.8, 4) is 17.6 Å². The molecule has 1 N–H and O–H groups in total. The van der Waals surface area contributed by atoms with Crippen LogP contribution in [-0.2, 0) is 4.79 Å². The second-order valence-electron chi connectivity index (χ2n) is 6.87. The Kier molecular flexibility index (Phi) is 7.12. The van der Waals surface area contributed by atoms with Crippen LogP contribution in [0.2, 0.25) is 0 Å². The standard InChI is InChI=1S/C20H28N2O3/c1-14-6-4-7-17(15(14)2)22-20(23)8-5-11-25-18-10-9-16(13-21)12-19(18)24-3/h9-10,12,14-15,17H,4-8,11H2,1-3H3,(H,22,23)/t14-,15+,17-/m0/s1. The Hall–Kier alpha value is -2.22. The van der Waals surface area contributed by atoms with Gasteiger partial charge in [0.2, 0.25) is 5.91 Å². The molecule has 0 heterocycles. The molecule has 1 amide bonds. The second kappa shape index (κ2) is 9.31. The monoisotopic (exact) mass is 344 g/mol. The van der Waals surface area contributed by atoms with Crippen molar-refractivity contribution in [1.82, 2.24) is 5.32 Å². The number of nitrogens with zero attached hydrogens (tertiary/aromatic N) is 1. The molecule has 1 aliphatic carbocycles. The number of rotatable bonds is 7. The lowest BCUT2D eigenvalue weighted by Gasteiger charge is -2.34. The summed E-state index contributed by atoms with van der Waals surface area (Å²) < 4.78 is 10.9. The van der Waals surface area contributed by atoms with Crippen LogP contribution >= 0.6 is 0 Å². The Morgan fingerprint density at radius 3 is 2.84 bits per heavy atom. The molecule has 0 spiro atoms. The quantitative estimate of drug-likeness (QED) is 0.766. The maximum absolute atomic E-state index is 12.2. The molecule has 3 atom stereocenters. The zero-order valence-electron chi connectivity index (χ0n) is 15.4. The van der Waals surface area contributed by atoms with Crippen molar-refractivity contribution in [1.29, 1.82) is 5.26 Å². The molecule has 0 aromatic heterocycles. The molecular weight excluding hydrogens is 316 g/mol. The smallest absolute Gasteiger partial charge is 0.220 e. The predicted octanol–water partition coefficient (Wildman–Crippen LogP) is 3.67. The molecule has 1 aromatic rings. The van der Waals surface area contributed by atoms with Gasteiger partial charge >= 0.3 is 0 Å². The van der Waals surface area contributed by atoms with Crippen LogP contribution in [0.25, 0.3) is 0 Å². The van der Waals surface area contributed by atoms with Gasteiger partial charge in [0, 0.05) is 18.5 Å². The van der Waals surface area contributed by atoms with Crippen molar-refractivity contribution in [3.63, 3.8) is 0 Å². The summed E-state index contributed by atoms with van der Waals surface area (Å²) in [5.74, 6) is 2.44. The minimum Gasteiger partial charge on any atom is -0.493 e. The number of benzene rings is 1. The highest BCUT2D eigenvalue weighted by molar-refractivity contribution is 5.76. The van der Waals surface area contributed by atoms with Crippen molar-refractivity contribution in [2.75, 3.05) is 13.7 Å². The summed E-state index contributed by atoms with van der Waals surface area (Å²) in [7, 11) is 1.54. The van der Waals surface area contributed by atoms with E-state index in [9.17, 15) is 4.79 Å². The molecule has 2 rings (SSSR count). The van der Waals surface area contributed by atoms with Gasteiger partial charge in [-0.15, -0.1) is 0 Å². The van der Waals surface area contributed by atoms with Crippen LogP contribution in [0.4, 0.5) is 0 Å². The van der Waals surface area contributed by atoms with Gasteiger partial charge in [-0.2, -0.15) is 5.26 Å². The first-order valence-corrected chi connectivity index (χ1v) is 9.05. The fourth-order valence-corrected chi connectivity index (χ4v) is 3.34. The fraction of sp³-hybridized carbons (Fsp3) is 0.600. The number of amides is 1. The van der Waals surface area contributed by atoms with E-state index in [-0.39, 0.29) is 5.91 Å². The van der Waals surface area contributed by atoms with Gasteiger partial charge in [-0.1, -0.05) is 26.7 Å². The average molecular weight is 344 g/mol. The molecule has 0 aliphatic heterocycles. The summed E-state index contributed by atoms with van der Waals surface area (Å²) in [5.41, 5.74) is 0.527. The Balaban J connectivity index is 1.74. The van der Waals surface area contributed by atoms with Crippen molar-refractivity contribution < 1.29 is 14.3 Å². The van der Waals surface area contributed by atoms with Gasteiger partial charge in [0.1, 0.15) is 0 Å². The lowest BCUT2D eigenvalue weighted by atomic mass is 9.78. The summed E-state index contributed by atoms with van der Waals surface area (Å²) >= 11 is 0. The molecule has 0 radical (unpaired) electrons. The van der Waals surface area contributed by atoms with E-state index < -0.39 is 0 Å². The molecule has 1 aromatic carbocycles. The van der Waals surface area contributed by atoms with E-state index in [1.165, 1.54) is 12.8 Å². The number of carbonyl (C=O) groups is 1. The average Bonchev–Trinajstić information content (AvgIpc) is 2.62. The van der Waals surface area contributed by atoms with E-state index in [2.05, 4.69) is 25.2 Å². The first kappa shape index (κ1) is 19.1. The predicted molar refractivity (Wildman–Crippen MR) is 96.5 cm³/mol. The van der Waals surface area contributed by atoms with Crippen molar-refractivity contribution in [3.05, 3.63) is 23.8 Å². The van der Waals surface area contributed by atoms with Gasteiger partial charge in [-0.3, -0.25) is 4.79 Å². The summed E-state index contributed by atoms with van der Waals surface area (Å²) in [5, 5.41) is 12.1. The molecule has 0 saturated heterocycles. The summed E-state index contributed by atoms with van der Waals surface area (Å²) in [6.45, 7) is 4.93.